The molecule has 1 N–H and O–H groups in total. The Morgan fingerprint density at radius 3 is 3.20 bits per heavy atom. The maximum atomic E-state index is 13.5. The van der Waals surface area contributed by atoms with Crippen molar-refractivity contribution >= 4 is 23.4 Å². The number of H-pyrrole nitrogens is 1. The van der Waals surface area contributed by atoms with Crippen LogP contribution in [0.15, 0.2) is 34.2 Å². The molecule has 0 aromatic carbocycles. The molecule has 0 radical (unpaired) electrons. The van der Waals surface area contributed by atoms with Gasteiger partial charge in [-0.1, -0.05) is 29.4 Å². The minimum Gasteiger partial charge on any atom is -0.254 e. The van der Waals surface area contributed by atoms with E-state index < -0.39 is 6.17 Å². The van der Waals surface area contributed by atoms with E-state index >= 15 is 0 Å². The normalized spacial score (nSPS) is 21.1. The number of thioether (sulfide) groups is 1. The summed E-state index contributed by atoms with van der Waals surface area (Å²) in [5.41, 5.74) is 0.626. The third-order valence-electron chi connectivity index (χ3n) is 2.05. The molecule has 1 heterocycles. The van der Waals surface area contributed by atoms with Crippen LogP contribution in [0.4, 0.5) is 4.39 Å². The van der Waals surface area contributed by atoms with Crippen LogP contribution in [-0.4, -0.2) is 27.1 Å². The summed E-state index contributed by atoms with van der Waals surface area (Å²) in [7, 11) is 0. The summed E-state index contributed by atoms with van der Waals surface area (Å²) in [6.07, 6.45) is 4.34. The van der Waals surface area contributed by atoms with Crippen LogP contribution in [0.1, 0.15) is 6.42 Å². The van der Waals surface area contributed by atoms with Gasteiger partial charge in [0, 0.05) is 17.2 Å². The predicted octanol–water partition coefficient (Wildman–Crippen LogP) is 2.69. The molecule has 0 saturated carbocycles. The number of aromatic amines is 1. The first kappa shape index (κ1) is 10.7. The fourth-order valence-corrected chi connectivity index (χ4v) is 2.48. The molecule has 1 aliphatic rings. The largest absolute Gasteiger partial charge is 0.254 e. The van der Waals surface area contributed by atoms with E-state index in [1.165, 1.54) is 18.1 Å². The van der Waals surface area contributed by atoms with Gasteiger partial charge in [0.15, 0.2) is 5.16 Å². The number of hydrogen-bond acceptors (Lipinski definition) is 3. The molecule has 0 aliphatic heterocycles. The Morgan fingerprint density at radius 2 is 2.53 bits per heavy atom. The Kier molecular flexibility index (Phi) is 3.43. The molecule has 3 nitrogen and oxygen atoms in total. The van der Waals surface area contributed by atoms with Gasteiger partial charge in [0.25, 0.3) is 0 Å². The molecule has 80 valence electrons. The Balaban J connectivity index is 2.01. The Labute approximate surface area is 95.8 Å². The Hall–Kier alpha value is -0.810. The van der Waals surface area contributed by atoms with E-state index in [4.69, 9.17) is 11.6 Å². The average Bonchev–Trinajstić information content (AvgIpc) is 2.70. The number of halogens is 2. The van der Waals surface area contributed by atoms with Gasteiger partial charge in [0.2, 0.25) is 0 Å². The first-order valence-electron chi connectivity index (χ1n) is 4.44. The zero-order valence-corrected chi connectivity index (χ0v) is 9.35. The zero-order valence-electron chi connectivity index (χ0n) is 7.78. The minimum absolute atomic E-state index is 0.405. The third kappa shape index (κ3) is 2.60. The van der Waals surface area contributed by atoms with Crippen molar-refractivity contribution in [2.45, 2.75) is 17.7 Å². The number of hydrogen-bond donors (Lipinski definition) is 1. The molecule has 1 aliphatic carbocycles. The Bertz CT molecular complexity index is 388. The molecule has 0 bridgehead atoms. The molecule has 2 rings (SSSR count). The molecule has 0 fully saturated rings. The lowest BCUT2D eigenvalue weighted by atomic mass is 10.0. The van der Waals surface area contributed by atoms with Gasteiger partial charge >= 0.3 is 0 Å². The van der Waals surface area contributed by atoms with Crippen molar-refractivity contribution in [2.24, 2.45) is 0 Å². The van der Waals surface area contributed by atoms with E-state index in [2.05, 4.69) is 15.2 Å². The molecule has 1 unspecified atom stereocenters. The van der Waals surface area contributed by atoms with Crippen molar-refractivity contribution in [3.63, 3.8) is 0 Å². The maximum absolute atomic E-state index is 13.5. The molecule has 15 heavy (non-hydrogen) atoms. The number of allylic oxidation sites excluding steroid dienone is 3. The fourth-order valence-electron chi connectivity index (χ4n) is 1.26. The fraction of sp³-hybridized carbons (Fsp3) is 0.333. The van der Waals surface area contributed by atoms with E-state index in [1.807, 2.05) is 0 Å². The number of nitrogens with zero attached hydrogens (tertiary/aromatic N) is 2. The lowest BCUT2D eigenvalue weighted by Gasteiger charge is -2.15. The lowest BCUT2D eigenvalue weighted by molar-refractivity contribution is 0.383. The first-order chi connectivity index (χ1) is 7.27. The van der Waals surface area contributed by atoms with Crippen LogP contribution in [0.25, 0.3) is 0 Å². The smallest absolute Gasteiger partial charge is 0.183 e. The van der Waals surface area contributed by atoms with Gasteiger partial charge in [-0.25, -0.2) is 9.37 Å². The quantitative estimate of drug-likeness (QED) is 0.833. The van der Waals surface area contributed by atoms with Crippen molar-refractivity contribution in [1.29, 1.82) is 0 Å². The topological polar surface area (TPSA) is 41.6 Å². The van der Waals surface area contributed by atoms with E-state index in [-0.39, 0.29) is 0 Å². The van der Waals surface area contributed by atoms with E-state index in [0.29, 0.717) is 27.9 Å². The third-order valence-corrected chi connectivity index (χ3v) is 3.34. The predicted molar refractivity (Wildman–Crippen MR) is 58.6 cm³/mol. The van der Waals surface area contributed by atoms with E-state index in [9.17, 15) is 4.39 Å². The average molecular weight is 246 g/mol. The molecule has 1 aromatic heterocycles. The van der Waals surface area contributed by atoms with Crippen molar-refractivity contribution in [2.75, 3.05) is 5.75 Å². The maximum Gasteiger partial charge on any atom is 0.183 e. The highest BCUT2D eigenvalue weighted by Gasteiger charge is 2.18. The van der Waals surface area contributed by atoms with Crippen molar-refractivity contribution < 1.29 is 4.39 Å². The van der Waals surface area contributed by atoms with Crippen LogP contribution >= 0.6 is 23.4 Å². The number of alkyl halides is 1. The molecule has 6 heteroatoms. The molecule has 0 spiro atoms. The summed E-state index contributed by atoms with van der Waals surface area (Å²) >= 11 is 7.31. The van der Waals surface area contributed by atoms with Crippen LogP contribution < -0.4 is 0 Å². The van der Waals surface area contributed by atoms with Gasteiger partial charge in [0.1, 0.15) is 12.5 Å². The SMILES string of the molecule is FC1CC=CC(Cl)=C1CSc1ncn[nH]1. The summed E-state index contributed by atoms with van der Waals surface area (Å²) < 4.78 is 13.5. The van der Waals surface area contributed by atoms with Gasteiger partial charge in [-0.3, -0.25) is 5.10 Å². The lowest BCUT2D eigenvalue weighted by Crippen LogP contribution is -2.10. The van der Waals surface area contributed by atoms with Gasteiger partial charge in [-0.2, -0.15) is 5.10 Å². The second kappa shape index (κ2) is 4.81. The van der Waals surface area contributed by atoms with Crippen LogP contribution in [-0.2, 0) is 0 Å². The van der Waals surface area contributed by atoms with Crippen molar-refractivity contribution in [3.05, 3.63) is 29.1 Å². The highest BCUT2D eigenvalue weighted by atomic mass is 35.5. The highest BCUT2D eigenvalue weighted by Crippen LogP contribution is 2.29. The van der Waals surface area contributed by atoms with Gasteiger partial charge in [-0.05, 0) is 11.6 Å². The van der Waals surface area contributed by atoms with Crippen LogP contribution in [0, 0.1) is 0 Å². The summed E-state index contributed by atoms with van der Waals surface area (Å²) in [6.45, 7) is 0. The van der Waals surface area contributed by atoms with Crippen molar-refractivity contribution in [1.82, 2.24) is 15.2 Å². The zero-order chi connectivity index (χ0) is 10.7. The second-order valence-corrected chi connectivity index (χ2v) is 4.43. The van der Waals surface area contributed by atoms with Crippen molar-refractivity contribution in [3.8, 4) is 0 Å². The summed E-state index contributed by atoms with van der Waals surface area (Å²) in [4.78, 5) is 3.94. The number of rotatable bonds is 3. The van der Waals surface area contributed by atoms with E-state index in [1.54, 1.807) is 12.2 Å². The monoisotopic (exact) mass is 245 g/mol. The van der Waals surface area contributed by atoms with Gasteiger partial charge < -0.3 is 0 Å². The van der Waals surface area contributed by atoms with Crippen LogP contribution in [0.3, 0.4) is 0 Å². The number of aromatic nitrogens is 3. The van der Waals surface area contributed by atoms with Crippen LogP contribution in [0.5, 0.6) is 0 Å². The van der Waals surface area contributed by atoms with Crippen LogP contribution in [0.2, 0.25) is 0 Å². The number of nitrogens with one attached hydrogen (secondary N) is 1. The summed E-state index contributed by atoms with van der Waals surface area (Å²) in [5, 5.41) is 7.59. The standard InChI is InChI=1S/C9H9ClFN3S/c10-7-2-1-3-8(11)6(7)4-15-9-12-5-13-14-9/h1-2,5,8H,3-4H2,(H,12,13,14). The molecular weight excluding hydrogens is 237 g/mol. The minimum atomic E-state index is -0.974. The molecule has 0 saturated heterocycles. The van der Waals surface area contributed by atoms with E-state index in [0.717, 1.165) is 0 Å². The molecular formula is C9H9ClFN3S. The molecule has 1 aromatic rings. The second-order valence-electron chi connectivity index (χ2n) is 3.06. The van der Waals surface area contributed by atoms with Gasteiger partial charge in [-0.15, -0.1) is 0 Å². The molecule has 0 amide bonds. The summed E-state index contributed by atoms with van der Waals surface area (Å²) in [6, 6.07) is 0. The summed E-state index contributed by atoms with van der Waals surface area (Å²) in [5.74, 6) is 0.500. The Morgan fingerprint density at radius 1 is 1.67 bits per heavy atom. The first-order valence-corrected chi connectivity index (χ1v) is 5.81. The van der Waals surface area contributed by atoms with Gasteiger partial charge in [0.05, 0.1) is 0 Å². The molecule has 1 atom stereocenters. The highest BCUT2D eigenvalue weighted by molar-refractivity contribution is 7.99.